The van der Waals surface area contributed by atoms with Gasteiger partial charge in [-0.25, -0.2) is 8.42 Å². The Balaban J connectivity index is 2.18. The molecule has 0 fully saturated rings. The second-order valence-corrected chi connectivity index (χ2v) is 8.23. The molecule has 0 bridgehead atoms. The van der Waals surface area contributed by atoms with E-state index in [9.17, 15) is 13.5 Å². The molecule has 1 unspecified atom stereocenters. The Morgan fingerprint density at radius 3 is 2.28 bits per heavy atom. The molecule has 0 amide bonds. The third-order valence-electron chi connectivity index (χ3n) is 4.20. The van der Waals surface area contributed by atoms with E-state index >= 15 is 0 Å². The minimum atomic E-state index is -3.68. The zero-order valence-electron chi connectivity index (χ0n) is 14.3. The van der Waals surface area contributed by atoms with Gasteiger partial charge in [-0.3, -0.25) is 0 Å². The van der Waals surface area contributed by atoms with Gasteiger partial charge < -0.3 is 5.11 Å². The smallest absolute Gasteiger partial charge is 0.243 e. The highest BCUT2D eigenvalue weighted by Crippen LogP contribution is 2.22. The molecule has 0 aliphatic carbocycles. The monoisotopic (exact) mass is 381 g/mol. The second kappa shape index (κ2) is 9.34. The molecule has 0 radical (unpaired) electrons. The maximum Gasteiger partial charge on any atom is 0.243 e. The molecule has 0 heterocycles. The van der Waals surface area contributed by atoms with Crippen molar-refractivity contribution in [2.75, 3.05) is 13.2 Å². The van der Waals surface area contributed by atoms with E-state index in [-0.39, 0.29) is 11.5 Å². The molecule has 0 spiro atoms. The van der Waals surface area contributed by atoms with Gasteiger partial charge in [-0.2, -0.15) is 4.31 Å². The Kier molecular flexibility index (Phi) is 7.44. The summed E-state index contributed by atoms with van der Waals surface area (Å²) in [5, 5.41) is 10.1. The minimum Gasteiger partial charge on any atom is -0.395 e. The standard InChI is InChI=1S/C19H24ClNO3S/c1-2-18(15-22)21(14-6-9-16-7-4-3-5-8-16)25(23,24)19-12-10-17(20)11-13-19/h3-5,7-8,10-13,18,22H,2,6,9,14-15H2,1H3. The Bertz CT molecular complexity index is 744. The molecule has 136 valence electrons. The van der Waals surface area contributed by atoms with Gasteiger partial charge in [-0.1, -0.05) is 48.9 Å². The highest BCUT2D eigenvalue weighted by Gasteiger charge is 2.29. The summed E-state index contributed by atoms with van der Waals surface area (Å²) < 4.78 is 27.4. The van der Waals surface area contributed by atoms with Crippen molar-refractivity contribution in [1.82, 2.24) is 4.31 Å². The summed E-state index contributed by atoms with van der Waals surface area (Å²) in [6.45, 7) is 2.04. The quantitative estimate of drug-likeness (QED) is 0.719. The Hall–Kier alpha value is -1.40. The SMILES string of the molecule is CCC(CO)N(CCCc1ccccc1)S(=O)(=O)c1ccc(Cl)cc1. The Morgan fingerprint density at radius 2 is 1.72 bits per heavy atom. The first-order chi connectivity index (χ1) is 12.0. The number of benzene rings is 2. The van der Waals surface area contributed by atoms with Crippen molar-refractivity contribution < 1.29 is 13.5 Å². The van der Waals surface area contributed by atoms with Gasteiger partial charge in [-0.15, -0.1) is 0 Å². The van der Waals surface area contributed by atoms with E-state index in [1.807, 2.05) is 37.3 Å². The predicted octanol–water partition coefficient (Wildman–Crippen LogP) is 3.73. The second-order valence-electron chi connectivity index (χ2n) is 5.90. The summed E-state index contributed by atoms with van der Waals surface area (Å²) in [4.78, 5) is 0.198. The number of nitrogens with zero attached hydrogens (tertiary/aromatic N) is 1. The van der Waals surface area contributed by atoms with Crippen molar-refractivity contribution in [1.29, 1.82) is 0 Å². The zero-order chi connectivity index (χ0) is 18.3. The summed E-state index contributed by atoms with van der Waals surface area (Å²) >= 11 is 5.86. The molecule has 4 nitrogen and oxygen atoms in total. The van der Waals surface area contributed by atoms with Gasteiger partial charge in [0.2, 0.25) is 10.0 Å². The van der Waals surface area contributed by atoms with Crippen LogP contribution in [0.4, 0.5) is 0 Å². The summed E-state index contributed by atoms with van der Waals surface area (Å²) in [5.41, 5.74) is 1.17. The summed E-state index contributed by atoms with van der Waals surface area (Å²) in [6, 6.07) is 15.7. The number of hydrogen-bond donors (Lipinski definition) is 1. The van der Waals surface area contributed by atoms with Crippen molar-refractivity contribution >= 4 is 21.6 Å². The molecule has 1 atom stereocenters. The van der Waals surface area contributed by atoms with Crippen molar-refractivity contribution in [2.45, 2.75) is 37.1 Å². The molecule has 0 saturated heterocycles. The van der Waals surface area contributed by atoms with Crippen molar-refractivity contribution in [2.24, 2.45) is 0 Å². The van der Waals surface area contributed by atoms with Gasteiger partial charge in [0.15, 0.2) is 0 Å². The average molecular weight is 382 g/mol. The molecule has 0 saturated carbocycles. The van der Waals surface area contributed by atoms with E-state index in [2.05, 4.69) is 0 Å². The topological polar surface area (TPSA) is 57.6 Å². The van der Waals surface area contributed by atoms with Crippen molar-refractivity contribution in [3.8, 4) is 0 Å². The molecule has 0 aliphatic rings. The molecule has 1 N–H and O–H groups in total. The van der Waals surface area contributed by atoms with Crippen LogP contribution in [0.15, 0.2) is 59.5 Å². The van der Waals surface area contributed by atoms with Crippen LogP contribution >= 0.6 is 11.6 Å². The van der Waals surface area contributed by atoms with E-state index in [4.69, 9.17) is 11.6 Å². The number of aliphatic hydroxyl groups excluding tert-OH is 1. The molecule has 0 aromatic heterocycles. The van der Waals surface area contributed by atoms with Crippen LogP contribution in [0, 0.1) is 0 Å². The van der Waals surface area contributed by atoms with Crippen LogP contribution in [0.25, 0.3) is 0 Å². The van der Waals surface area contributed by atoms with Crippen LogP contribution in [0.2, 0.25) is 5.02 Å². The number of aliphatic hydroxyl groups is 1. The van der Waals surface area contributed by atoms with Gasteiger partial charge in [0, 0.05) is 17.6 Å². The largest absolute Gasteiger partial charge is 0.395 e. The Morgan fingerprint density at radius 1 is 1.08 bits per heavy atom. The normalized spacial score (nSPS) is 13.1. The van der Waals surface area contributed by atoms with E-state index in [0.29, 0.717) is 24.4 Å². The fraction of sp³-hybridized carbons (Fsp3) is 0.368. The van der Waals surface area contributed by atoms with Crippen LogP contribution in [-0.2, 0) is 16.4 Å². The van der Waals surface area contributed by atoms with Crippen LogP contribution in [0.5, 0.6) is 0 Å². The lowest BCUT2D eigenvalue weighted by Gasteiger charge is -2.29. The fourth-order valence-corrected chi connectivity index (χ4v) is 4.60. The van der Waals surface area contributed by atoms with Gasteiger partial charge in [0.05, 0.1) is 11.5 Å². The maximum atomic E-state index is 13.0. The number of aryl methyl sites for hydroxylation is 1. The van der Waals surface area contributed by atoms with E-state index in [0.717, 1.165) is 6.42 Å². The molecular formula is C19H24ClNO3S. The Labute approximate surface area is 155 Å². The first-order valence-corrected chi connectivity index (χ1v) is 10.2. The first kappa shape index (κ1) is 19.9. The first-order valence-electron chi connectivity index (χ1n) is 8.41. The van der Waals surface area contributed by atoms with E-state index in [1.165, 1.54) is 22.0 Å². The zero-order valence-corrected chi connectivity index (χ0v) is 15.9. The molecule has 2 aromatic carbocycles. The van der Waals surface area contributed by atoms with Gasteiger partial charge in [-0.05, 0) is 49.1 Å². The summed E-state index contributed by atoms with van der Waals surface area (Å²) in [6.07, 6.45) is 2.03. The highest BCUT2D eigenvalue weighted by atomic mass is 35.5. The minimum absolute atomic E-state index is 0.198. The fourth-order valence-electron chi connectivity index (χ4n) is 2.75. The highest BCUT2D eigenvalue weighted by molar-refractivity contribution is 7.89. The molecule has 2 rings (SSSR count). The number of sulfonamides is 1. The number of rotatable bonds is 9. The van der Waals surface area contributed by atoms with E-state index < -0.39 is 16.1 Å². The van der Waals surface area contributed by atoms with Gasteiger partial charge in [0.1, 0.15) is 0 Å². The maximum absolute atomic E-state index is 13.0. The van der Waals surface area contributed by atoms with Gasteiger partial charge >= 0.3 is 0 Å². The summed E-state index contributed by atoms with van der Waals surface area (Å²) in [5.74, 6) is 0. The van der Waals surface area contributed by atoms with Crippen LogP contribution < -0.4 is 0 Å². The number of halogens is 1. The van der Waals surface area contributed by atoms with Crippen LogP contribution in [0.1, 0.15) is 25.3 Å². The van der Waals surface area contributed by atoms with Gasteiger partial charge in [0.25, 0.3) is 0 Å². The van der Waals surface area contributed by atoms with E-state index in [1.54, 1.807) is 12.1 Å². The van der Waals surface area contributed by atoms with Crippen molar-refractivity contribution in [3.05, 3.63) is 65.2 Å². The lowest BCUT2D eigenvalue weighted by atomic mass is 10.1. The van der Waals surface area contributed by atoms with Crippen molar-refractivity contribution in [3.63, 3.8) is 0 Å². The van der Waals surface area contributed by atoms with Crippen LogP contribution in [0.3, 0.4) is 0 Å². The predicted molar refractivity (Wildman–Crippen MR) is 101 cm³/mol. The summed E-state index contributed by atoms with van der Waals surface area (Å²) in [7, 11) is -3.68. The lowest BCUT2D eigenvalue weighted by Crippen LogP contribution is -2.42. The third kappa shape index (κ3) is 5.28. The average Bonchev–Trinajstić information content (AvgIpc) is 2.62. The molecule has 0 aliphatic heterocycles. The molecule has 25 heavy (non-hydrogen) atoms. The van der Waals surface area contributed by atoms with Crippen LogP contribution in [-0.4, -0.2) is 37.0 Å². The number of hydrogen-bond acceptors (Lipinski definition) is 3. The molecule has 6 heteroatoms. The molecular weight excluding hydrogens is 358 g/mol. The molecule has 2 aromatic rings. The lowest BCUT2D eigenvalue weighted by molar-refractivity contribution is 0.182. The third-order valence-corrected chi connectivity index (χ3v) is 6.41.